The molecule has 0 saturated heterocycles. The Labute approximate surface area is 168 Å². The minimum absolute atomic E-state index is 0.589. The van der Waals surface area contributed by atoms with Crippen molar-refractivity contribution in [3.05, 3.63) is 84.3 Å². The zero-order valence-electron chi connectivity index (χ0n) is 15.6. The predicted octanol–water partition coefficient (Wildman–Crippen LogP) is 5.07. The lowest BCUT2D eigenvalue weighted by Gasteiger charge is -2.09. The number of hydrogen-bond acceptors (Lipinski definition) is 5. The molecule has 28 heavy (non-hydrogen) atoms. The number of hydrogen-bond donors (Lipinski definition) is 0. The van der Waals surface area contributed by atoms with E-state index in [1.807, 2.05) is 54.6 Å². The fraction of sp³-hybridized carbons (Fsp3) is 0.182. The van der Waals surface area contributed by atoms with Crippen LogP contribution in [0, 0.1) is 6.92 Å². The Morgan fingerprint density at radius 2 is 1.79 bits per heavy atom. The zero-order valence-corrected chi connectivity index (χ0v) is 16.4. The first kappa shape index (κ1) is 18.4. The fourth-order valence-corrected chi connectivity index (χ4v) is 3.58. The molecule has 0 aliphatic heterocycles. The van der Waals surface area contributed by atoms with Crippen molar-refractivity contribution in [3.63, 3.8) is 0 Å². The van der Waals surface area contributed by atoms with E-state index in [0.29, 0.717) is 13.2 Å². The van der Waals surface area contributed by atoms with Gasteiger partial charge in [0, 0.05) is 11.3 Å². The van der Waals surface area contributed by atoms with Crippen LogP contribution < -0.4 is 4.74 Å². The molecule has 0 saturated carbocycles. The van der Waals surface area contributed by atoms with Crippen molar-refractivity contribution in [1.82, 2.24) is 14.8 Å². The summed E-state index contributed by atoms with van der Waals surface area (Å²) >= 11 is 1.63. The zero-order chi connectivity index (χ0) is 19.2. The SMILES string of the molecule is Cc1ccc(OCCSc2nnc(-c3ccccc3)n2Cc2ccco2)cc1. The second-order valence-corrected chi connectivity index (χ2v) is 7.41. The van der Waals surface area contributed by atoms with Crippen LogP contribution in [0.2, 0.25) is 0 Å². The maximum absolute atomic E-state index is 5.82. The summed E-state index contributed by atoms with van der Waals surface area (Å²) in [6.07, 6.45) is 1.68. The Balaban J connectivity index is 1.46. The van der Waals surface area contributed by atoms with Gasteiger partial charge < -0.3 is 9.15 Å². The van der Waals surface area contributed by atoms with Crippen LogP contribution in [0.5, 0.6) is 5.75 Å². The molecule has 0 aliphatic rings. The molecule has 0 atom stereocenters. The number of furan rings is 1. The quantitative estimate of drug-likeness (QED) is 0.310. The first-order valence-electron chi connectivity index (χ1n) is 9.13. The van der Waals surface area contributed by atoms with E-state index in [1.165, 1.54) is 5.56 Å². The molecule has 0 radical (unpaired) electrons. The summed E-state index contributed by atoms with van der Waals surface area (Å²) in [5, 5.41) is 9.68. The summed E-state index contributed by atoms with van der Waals surface area (Å²) in [5.74, 6) is 3.36. The van der Waals surface area contributed by atoms with Crippen LogP contribution in [0.3, 0.4) is 0 Å². The molecule has 142 valence electrons. The van der Waals surface area contributed by atoms with Gasteiger partial charge in [0.15, 0.2) is 11.0 Å². The molecule has 5 nitrogen and oxygen atoms in total. The van der Waals surface area contributed by atoms with Gasteiger partial charge in [-0.2, -0.15) is 0 Å². The van der Waals surface area contributed by atoms with Crippen molar-refractivity contribution in [2.45, 2.75) is 18.6 Å². The molecule has 0 N–H and O–H groups in total. The van der Waals surface area contributed by atoms with E-state index in [4.69, 9.17) is 9.15 Å². The first-order chi connectivity index (χ1) is 13.8. The first-order valence-corrected chi connectivity index (χ1v) is 10.1. The molecule has 2 aromatic heterocycles. The minimum atomic E-state index is 0.589. The van der Waals surface area contributed by atoms with E-state index in [-0.39, 0.29) is 0 Å². The number of ether oxygens (including phenoxy) is 1. The summed E-state index contributed by atoms with van der Waals surface area (Å²) in [4.78, 5) is 0. The molecule has 4 aromatic rings. The summed E-state index contributed by atoms with van der Waals surface area (Å²) in [5.41, 5.74) is 2.26. The van der Waals surface area contributed by atoms with E-state index >= 15 is 0 Å². The molecule has 0 bridgehead atoms. The van der Waals surface area contributed by atoms with Gasteiger partial charge >= 0.3 is 0 Å². The molecular formula is C22H21N3O2S. The highest BCUT2D eigenvalue weighted by molar-refractivity contribution is 7.99. The lowest BCUT2D eigenvalue weighted by atomic mass is 10.2. The largest absolute Gasteiger partial charge is 0.493 e. The second-order valence-electron chi connectivity index (χ2n) is 6.35. The summed E-state index contributed by atoms with van der Waals surface area (Å²) in [7, 11) is 0. The van der Waals surface area contributed by atoms with Crippen molar-refractivity contribution < 1.29 is 9.15 Å². The summed E-state index contributed by atoms with van der Waals surface area (Å²) in [6.45, 7) is 3.25. The Kier molecular flexibility index (Phi) is 5.77. The van der Waals surface area contributed by atoms with Crippen molar-refractivity contribution in [2.75, 3.05) is 12.4 Å². The molecule has 0 unspecified atom stereocenters. The normalized spacial score (nSPS) is 10.9. The molecule has 0 spiro atoms. The van der Waals surface area contributed by atoms with Gasteiger partial charge in [-0.1, -0.05) is 59.8 Å². The molecule has 0 aliphatic carbocycles. The third-order valence-corrected chi connectivity index (χ3v) is 5.18. The van der Waals surface area contributed by atoms with E-state index < -0.39 is 0 Å². The standard InChI is InChI=1S/C22H21N3O2S/c1-17-9-11-19(12-10-17)27-14-15-28-22-24-23-21(18-6-3-2-4-7-18)25(22)16-20-8-5-13-26-20/h2-13H,14-16H2,1H3. The lowest BCUT2D eigenvalue weighted by Crippen LogP contribution is -2.05. The van der Waals surface area contributed by atoms with Gasteiger partial charge in [0.05, 0.1) is 19.4 Å². The van der Waals surface area contributed by atoms with Gasteiger partial charge in [0.1, 0.15) is 11.5 Å². The maximum Gasteiger partial charge on any atom is 0.192 e. The van der Waals surface area contributed by atoms with Gasteiger partial charge in [0.2, 0.25) is 0 Å². The number of nitrogens with zero attached hydrogens (tertiary/aromatic N) is 3. The van der Waals surface area contributed by atoms with Crippen LogP contribution in [0.25, 0.3) is 11.4 Å². The highest BCUT2D eigenvalue weighted by Crippen LogP contribution is 2.25. The molecule has 0 fully saturated rings. The minimum Gasteiger partial charge on any atom is -0.493 e. The van der Waals surface area contributed by atoms with E-state index in [0.717, 1.165) is 33.8 Å². The Bertz CT molecular complexity index is 996. The highest BCUT2D eigenvalue weighted by atomic mass is 32.2. The topological polar surface area (TPSA) is 53.1 Å². The Morgan fingerprint density at radius 3 is 2.54 bits per heavy atom. The number of aromatic nitrogens is 3. The van der Waals surface area contributed by atoms with Gasteiger partial charge in [-0.05, 0) is 31.2 Å². The molecular weight excluding hydrogens is 370 g/mol. The fourth-order valence-electron chi connectivity index (χ4n) is 2.82. The van der Waals surface area contributed by atoms with Crippen LogP contribution in [-0.2, 0) is 6.54 Å². The van der Waals surface area contributed by atoms with Crippen molar-refractivity contribution in [1.29, 1.82) is 0 Å². The molecule has 2 aromatic carbocycles. The second kappa shape index (κ2) is 8.80. The van der Waals surface area contributed by atoms with Crippen molar-refractivity contribution in [3.8, 4) is 17.1 Å². The van der Waals surface area contributed by atoms with E-state index in [9.17, 15) is 0 Å². The van der Waals surface area contributed by atoms with Gasteiger partial charge in [0.25, 0.3) is 0 Å². The summed E-state index contributed by atoms with van der Waals surface area (Å²) in [6, 6.07) is 22.0. The maximum atomic E-state index is 5.82. The van der Waals surface area contributed by atoms with Crippen LogP contribution in [0.1, 0.15) is 11.3 Å². The van der Waals surface area contributed by atoms with Crippen molar-refractivity contribution >= 4 is 11.8 Å². The lowest BCUT2D eigenvalue weighted by molar-refractivity contribution is 0.343. The molecule has 6 heteroatoms. The third-order valence-electron chi connectivity index (χ3n) is 4.25. The van der Waals surface area contributed by atoms with Crippen molar-refractivity contribution in [2.24, 2.45) is 0 Å². The average molecular weight is 391 g/mol. The third kappa shape index (κ3) is 4.46. The van der Waals surface area contributed by atoms with Crippen LogP contribution in [0.4, 0.5) is 0 Å². The molecule has 0 amide bonds. The van der Waals surface area contributed by atoms with Gasteiger partial charge in [-0.3, -0.25) is 4.57 Å². The van der Waals surface area contributed by atoms with E-state index in [1.54, 1.807) is 18.0 Å². The number of benzene rings is 2. The molecule has 2 heterocycles. The Morgan fingerprint density at radius 1 is 0.964 bits per heavy atom. The predicted molar refractivity (Wildman–Crippen MR) is 111 cm³/mol. The van der Waals surface area contributed by atoms with Gasteiger partial charge in [-0.15, -0.1) is 10.2 Å². The highest BCUT2D eigenvalue weighted by Gasteiger charge is 2.15. The van der Waals surface area contributed by atoms with Crippen LogP contribution in [0.15, 0.2) is 82.6 Å². The molecule has 4 rings (SSSR count). The van der Waals surface area contributed by atoms with Crippen LogP contribution >= 0.6 is 11.8 Å². The Hall–Kier alpha value is -2.99. The number of aryl methyl sites for hydroxylation is 1. The summed E-state index contributed by atoms with van der Waals surface area (Å²) < 4.78 is 13.4. The van der Waals surface area contributed by atoms with E-state index in [2.05, 4.69) is 33.8 Å². The monoisotopic (exact) mass is 391 g/mol. The van der Waals surface area contributed by atoms with Crippen LogP contribution in [-0.4, -0.2) is 27.1 Å². The smallest absolute Gasteiger partial charge is 0.192 e. The number of thioether (sulfide) groups is 1. The van der Waals surface area contributed by atoms with Gasteiger partial charge in [-0.25, -0.2) is 0 Å². The average Bonchev–Trinajstić information content (AvgIpc) is 3.38. The number of rotatable bonds is 8.